The van der Waals surface area contributed by atoms with Gasteiger partial charge in [-0.25, -0.2) is 0 Å². The van der Waals surface area contributed by atoms with Gasteiger partial charge in [0, 0.05) is 36.8 Å². The molecule has 1 amide bonds. The lowest BCUT2D eigenvalue weighted by molar-refractivity contribution is -0.384. The van der Waals surface area contributed by atoms with Gasteiger partial charge in [0.2, 0.25) is 0 Å². The SMILES string of the molecule is Cc1cnccc1CCNC(=O)c1cc([N+](=O)[O-])ccc1N. The number of nitrogens with two attached hydrogens (primary N) is 1. The number of benzene rings is 1. The Morgan fingerprint density at radius 3 is 2.86 bits per heavy atom. The summed E-state index contributed by atoms with van der Waals surface area (Å²) >= 11 is 0. The van der Waals surface area contributed by atoms with E-state index in [4.69, 9.17) is 5.73 Å². The molecule has 22 heavy (non-hydrogen) atoms. The van der Waals surface area contributed by atoms with E-state index >= 15 is 0 Å². The van der Waals surface area contributed by atoms with Gasteiger partial charge in [-0.15, -0.1) is 0 Å². The van der Waals surface area contributed by atoms with Crippen LogP contribution in [-0.4, -0.2) is 22.4 Å². The van der Waals surface area contributed by atoms with E-state index in [1.165, 1.54) is 18.2 Å². The predicted octanol–water partition coefficient (Wildman–Crippen LogP) is 1.85. The number of nitrogen functional groups attached to an aromatic ring is 1. The predicted molar refractivity (Wildman–Crippen MR) is 82.5 cm³/mol. The van der Waals surface area contributed by atoms with Crippen molar-refractivity contribution >= 4 is 17.3 Å². The van der Waals surface area contributed by atoms with Gasteiger partial charge in [0.1, 0.15) is 0 Å². The van der Waals surface area contributed by atoms with Gasteiger partial charge in [0.15, 0.2) is 0 Å². The fourth-order valence-electron chi connectivity index (χ4n) is 2.04. The van der Waals surface area contributed by atoms with Crippen LogP contribution in [0.3, 0.4) is 0 Å². The number of nitro groups is 1. The second-order valence-corrected chi connectivity index (χ2v) is 4.84. The standard InChI is InChI=1S/C15H16N4O3/c1-10-9-17-6-4-11(10)5-7-18-15(20)13-8-12(19(21)22)2-3-14(13)16/h2-4,6,8-9H,5,7,16H2,1H3,(H,18,20). The van der Waals surface area contributed by atoms with Crippen molar-refractivity contribution in [2.75, 3.05) is 12.3 Å². The van der Waals surface area contributed by atoms with Gasteiger partial charge in [-0.1, -0.05) is 0 Å². The van der Waals surface area contributed by atoms with Gasteiger partial charge in [-0.05, 0) is 36.6 Å². The quantitative estimate of drug-likeness (QED) is 0.497. The maximum atomic E-state index is 12.1. The number of aromatic nitrogens is 1. The Hall–Kier alpha value is -2.96. The van der Waals surface area contributed by atoms with Crippen molar-refractivity contribution < 1.29 is 9.72 Å². The first-order valence-electron chi connectivity index (χ1n) is 6.70. The van der Waals surface area contributed by atoms with Crippen molar-refractivity contribution in [1.82, 2.24) is 10.3 Å². The van der Waals surface area contributed by atoms with Crippen LogP contribution in [0.4, 0.5) is 11.4 Å². The largest absolute Gasteiger partial charge is 0.398 e. The monoisotopic (exact) mass is 300 g/mol. The summed E-state index contributed by atoms with van der Waals surface area (Å²) in [7, 11) is 0. The third-order valence-electron chi connectivity index (χ3n) is 3.31. The highest BCUT2D eigenvalue weighted by Crippen LogP contribution is 2.19. The van der Waals surface area contributed by atoms with Gasteiger partial charge in [0.05, 0.1) is 10.5 Å². The molecule has 0 aliphatic rings. The fraction of sp³-hybridized carbons (Fsp3) is 0.200. The molecule has 7 nitrogen and oxygen atoms in total. The molecular weight excluding hydrogens is 284 g/mol. The number of pyridine rings is 1. The minimum absolute atomic E-state index is 0.112. The number of non-ortho nitro benzene ring substituents is 1. The van der Waals surface area contributed by atoms with E-state index < -0.39 is 10.8 Å². The summed E-state index contributed by atoms with van der Waals surface area (Å²) < 4.78 is 0. The average Bonchev–Trinajstić information content (AvgIpc) is 2.49. The molecule has 1 aromatic heterocycles. The second-order valence-electron chi connectivity index (χ2n) is 4.84. The van der Waals surface area contributed by atoms with E-state index in [9.17, 15) is 14.9 Å². The first kappa shape index (κ1) is 15.4. The number of nitrogens with zero attached hydrogens (tertiary/aromatic N) is 2. The molecule has 2 aromatic rings. The van der Waals surface area contributed by atoms with E-state index in [1.807, 2.05) is 13.0 Å². The topological polar surface area (TPSA) is 111 Å². The Labute approximate surface area is 127 Å². The highest BCUT2D eigenvalue weighted by Gasteiger charge is 2.15. The summed E-state index contributed by atoms with van der Waals surface area (Å²) in [5.74, 6) is -0.423. The zero-order valence-electron chi connectivity index (χ0n) is 12.1. The number of hydrogen-bond donors (Lipinski definition) is 2. The van der Waals surface area contributed by atoms with E-state index in [0.717, 1.165) is 11.1 Å². The van der Waals surface area contributed by atoms with Gasteiger partial charge in [-0.3, -0.25) is 19.9 Å². The van der Waals surface area contributed by atoms with E-state index in [2.05, 4.69) is 10.3 Å². The molecule has 1 heterocycles. The molecule has 1 aromatic carbocycles. The normalized spacial score (nSPS) is 10.2. The molecule has 0 aliphatic heterocycles. The summed E-state index contributed by atoms with van der Waals surface area (Å²) in [6, 6.07) is 5.71. The van der Waals surface area contributed by atoms with Crippen molar-refractivity contribution in [3.63, 3.8) is 0 Å². The van der Waals surface area contributed by atoms with Crippen LogP contribution in [0.5, 0.6) is 0 Å². The molecule has 0 atom stereocenters. The van der Waals surface area contributed by atoms with Crippen LogP contribution >= 0.6 is 0 Å². The first-order chi connectivity index (χ1) is 10.5. The average molecular weight is 300 g/mol. The smallest absolute Gasteiger partial charge is 0.270 e. The van der Waals surface area contributed by atoms with Crippen LogP contribution in [0.25, 0.3) is 0 Å². The van der Waals surface area contributed by atoms with Gasteiger partial charge in [0.25, 0.3) is 11.6 Å². The summed E-state index contributed by atoms with van der Waals surface area (Å²) in [5, 5.41) is 13.5. The Morgan fingerprint density at radius 2 is 2.18 bits per heavy atom. The number of hydrogen-bond acceptors (Lipinski definition) is 5. The molecule has 0 spiro atoms. The van der Waals surface area contributed by atoms with Crippen molar-refractivity contribution in [2.45, 2.75) is 13.3 Å². The first-order valence-corrected chi connectivity index (χ1v) is 6.70. The highest BCUT2D eigenvalue weighted by atomic mass is 16.6. The maximum Gasteiger partial charge on any atom is 0.270 e. The Kier molecular flexibility index (Phi) is 4.67. The number of nitro benzene ring substituents is 1. The third kappa shape index (κ3) is 3.57. The van der Waals surface area contributed by atoms with Crippen LogP contribution in [0, 0.1) is 17.0 Å². The van der Waals surface area contributed by atoms with Gasteiger partial charge >= 0.3 is 0 Å². The van der Waals surface area contributed by atoms with Crippen LogP contribution < -0.4 is 11.1 Å². The molecule has 3 N–H and O–H groups in total. The summed E-state index contributed by atoms with van der Waals surface area (Å²) in [6.07, 6.45) is 4.10. The van der Waals surface area contributed by atoms with Crippen LogP contribution in [0.2, 0.25) is 0 Å². The van der Waals surface area contributed by atoms with Crippen LogP contribution in [0.15, 0.2) is 36.7 Å². The van der Waals surface area contributed by atoms with E-state index in [1.54, 1.807) is 12.4 Å². The number of anilines is 1. The lowest BCUT2D eigenvalue weighted by atomic mass is 10.1. The van der Waals surface area contributed by atoms with Crippen LogP contribution in [0.1, 0.15) is 21.5 Å². The third-order valence-corrected chi connectivity index (χ3v) is 3.31. The molecule has 0 aliphatic carbocycles. The summed E-state index contributed by atoms with van der Waals surface area (Å²) in [4.78, 5) is 26.3. The Bertz CT molecular complexity index is 716. The van der Waals surface area contributed by atoms with Crippen molar-refractivity contribution in [2.24, 2.45) is 0 Å². The molecular formula is C15H16N4O3. The van der Waals surface area contributed by atoms with E-state index in [0.29, 0.717) is 13.0 Å². The minimum atomic E-state index is -0.559. The fourth-order valence-corrected chi connectivity index (χ4v) is 2.04. The number of nitrogens with one attached hydrogen (secondary N) is 1. The number of aryl methyl sites for hydroxylation is 1. The lowest BCUT2D eigenvalue weighted by Gasteiger charge is -2.08. The minimum Gasteiger partial charge on any atom is -0.398 e. The zero-order valence-corrected chi connectivity index (χ0v) is 12.1. The van der Waals surface area contributed by atoms with Gasteiger partial charge in [-0.2, -0.15) is 0 Å². The van der Waals surface area contributed by atoms with Crippen LogP contribution in [-0.2, 0) is 6.42 Å². The molecule has 0 bridgehead atoms. The number of amides is 1. The molecule has 0 radical (unpaired) electrons. The number of rotatable bonds is 5. The highest BCUT2D eigenvalue weighted by molar-refractivity contribution is 5.99. The molecule has 0 unspecified atom stereocenters. The van der Waals surface area contributed by atoms with Gasteiger partial charge < -0.3 is 11.1 Å². The molecule has 7 heteroatoms. The summed E-state index contributed by atoms with van der Waals surface area (Å²) in [6.45, 7) is 2.36. The molecule has 0 fully saturated rings. The second kappa shape index (κ2) is 6.66. The van der Waals surface area contributed by atoms with Crippen molar-refractivity contribution in [3.8, 4) is 0 Å². The maximum absolute atomic E-state index is 12.1. The Balaban J connectivity index is 2.02. The lowest BCUT2D eigenvalue weighted by Crippen LogP contribution is -2.26. The molecule has 0 saturated heterocycles. The zero-order chi connectivity index (χ0) is 16.1. The molecule has 114 valence electrons. The van der Waals surface area contributed by atoms with E-state index in [-0.39, 0.29) is 16.9 Å². The number of carbonyl (C=O) groups is 1. The Morgan fingerprint density at radius 1 is 1.41 bits per heavy atom. The summed E-state index contributed by atoms with van der Waals surface area (Å²) in [5.41, 5.74) is 8.00. The number of carbonyl (C=O) groups excluding carboxylic acids is 1. The van der Waals surface area contributed by atoms with Crippen molar-refractivity contribution in [1.29, 1.82) is 0 Å². The molecule has 2 rings (SSSR count). The molecule has 0 saturated carbocycles. The van der Waals surface area contributed by atoms with Crippen molar-refractivity contribution in [3.05, 3.63) is 63.5 Å².